The molecule has 4 rings (SSSR count). The van der Waals surface area contributed by atoms with Gasteiger partial charge in [0.15, 0.2) is 5.13 Å². The molecule has 0 bridgehead atoms. The van der Waals surface area contributed by atoms with E-state index in [0.29, 0.717) is 11.8 Å². The third-order valence-corrected chi connectivity index (χ3v) is 5.80. The fourth-order valence-corrected chi connectivity index (χ4v) is 4.73. The van der Waals surface area contributed by atoms with Gasteiger partial charge >= 0.3 is 0 Å². The number of nitrogens with one attached hydrogen (secondary N) is 2. The van der Waals surface area contributed by atoms with Crippen LogP contribution < -0.4 is 10.6 Å². The maximum atomic E-state index is 12.3. The van der Waals surface area contributed by atoms with Crippen LogP contribution in [0.15, 0.2) is 0 Å². The zero-order valence-corrected chi connectivity index (χ0v) is 11.8. The minimum absolute atomic E-state index is 0.218. The van der Waals surface area contributed by atoms with E-state index in [1.807, 2.05) is 0 Å². The van der Waals surface area contributed by atoms with Gasteiger partial charge < -0.3 is 10.6 Å². The fraction of sp³-hybridized carbons (Fsp3) is 0.714. The average Bonchev–Trinajstić information content (AvgIpc) is 3.02. The summed E-state index contributed by atoms with van der Waals surface area (Å²) in [4.78, 5) is 18.1. The molecule has 1 aliphatic heterocycles. The van der Waals surface area contributed by atoms with E-state index < -0.39 is 0 Å². The van der Waals surface area contributed by atoms with Crippen molar-refractivity contribution in [2.24, 2.45) is 17.8 Å². The van der Waals surface area contributed by atoms with Crippen molar-refractivity contribution in [2.45, 2.75) is 38.6 Å². The highest BCUT2D eigenvalue weighted by molar-refractivity contribution is 7.15. The number of carbonyl (C=O) groups is 1. The summed E-state index contributed by atoms with van der Waals surface area (Å²) in [5.41, 5.74) is 1.17. The van der Waals surface area contributed by atoms with E-state index in [2.05, 4.69) is 15.6 Å². The Labute approximate surface area is 117 Å². The lowest BCUT2D eigenvalue weighted by atomic mass is 10.0. The van der Waals surface area contributed by atoms with E-state index in [1.165, 1.54) is 36.3 Å². The minimum Gasteiger partial charge on any atom is -0.311 e. The average molecular weight is 277 g/mol. The number of hydrogen-bond acceptors (Lipinski definition) is 4. The van der Waals surface area contributed by atoms with Gasteiger partial charge in [-0.25, -0.2) is 4.98 Å². The van der Waals surface area contributed by atoms with E-state index in [0.717, 1.165) is 24.6 Å². The number of amides is 1. The molecule has 4 nitrogen and oxygen atoms in total. The van der Waals surface area contributed by atoms with Crippen molar-refractivity contribution in [3.63, 3.8) is 0 Å². The smallest absolute Gasteiger partial charge is 0.229 e. The Hall–Kier alpha value is -0.940. The Morgan fingerprint density at radius 2 is 2.11 bits per heavy atom. The van der Waals surface area contributed by atoms with Crippen molar-refractivity contribution in [2.75, 3.05) is 11.9 Å². The molecular weight excluding hydrogens is 258 g/mol. The second kappa shape index (κ2) is 4.56. The Bertz CT molecular complexity index is 477. The van der Waals surface area contributed by atoms with E-state index in [-0.39, 0.29) is 11.8 Å². The van der Waals surface area contributed by atoms with Gasteiger partial charge in [-0.3, -0.25) is 4.79 Å². The van der Waals surface area contributed by atoms with E-state index in [9.17, 15) is 4.79 Å². The van der Waals surface area contributed by atoms with Crippen LogP contribution >= 0.6 is 11.3 Å². The van der Waals surface area contributed by atoms with Crippen LogP contribution in [-0.2, 0) is 17.8 Å². The predicted molar refractivity (Wildman–Crippen MR) is 75.1 cm³/mol. The topological polar surface area (TPSA) is 54.0 Å². The van der Waals surface area contributed by atoms with Crippen molar-refractivity contribution < 1.29 is 4.79 Å². The van der Waals surface area contributed by atoms with Crippen LogP contribution in [0, 0.1) is 17.8 Å². The highest BCUT2D eigenvalue weighted by Crippen LogP contribution is 2.55. The van der Waals surface area contributed by atoms with Crippen LogP contribution in [0.25, 0.3) is 0 Å². The first-order chi connectivity index (χ1) is 9.33. The first-order valence-electron chi connectivity index (χ1n) is 7.33. The molecule has 19 heavy (non-hydrogen) atoms. The molecule has 5 heteroatoms. The van der Waals surface area contributed by atoms with Gasteiger partial charge in [-0.1, -0.05) is 12.8 Å². The monoisotopic (exact) mass is 277 g/mol. The summed E-state index contributed by atoms with van der Waals surface area (Å²) in [6.07, 6.45) is 6.10. The van der Waals surface area contributed by atoms with Gasteiger partial charge in [-0.2, -0.15) is 0 Å². The Morgan fingerprint density at radius 1 is 1.32 bits per heavy atom. The molecule has 2 unspecified atom stereocenters. The number of hydrogen-bond donors (Lipinski definition) is 2. The molecular formula is C14H19N3OS. The van der Waals surface area contributed by atoms with Gasteiger partial charge in [-0.05, 0) is 24.7 Å². The summed E-state index contributed by atoms with van der Waals surface area (Å²) in [5, 5.41) is 7.21. The third-order valence-electron chi connectivity index (χ3n) is 4.79. The van der Waals surface area contributed by atoms with Crippen LogP contribution in [-0.4, -0.2) is 17.4 Å². The quantitative estimate of drug-likeness (QED) is 0.871. The Kier molecular flexibility index (Phi) is 2.84. The summed E-state index contributed by atoms with van der Waals surface area (Å²) in [7, 11) is 0. The molecule has 2 heterocycles. The molecule has 2 atom stereocenters. The van der Waals surface area contributed by atoms with Crippen molar-refractivity contribution in [3.05, 3.63) is 10.6 Å². The summed E-state index contributed by atoms with van der Waals surface area (Å²) in [6, 6.07) is 0. The first-order valence-corrected chi connectivity index (χ1v) is 8.15. The van der Waals surface area contributed by atoms with Gasteiger partial charge in [0.05, 0.1) is 5.69 Å². The standard InChI is InChI=1S/C14H19N3OS/c18-13(12-8-3-1-2-4-9(8)12)17-14-16-10-5-6-15-7-11(10)19-14/h8-9,12,15H,1-7H2,(H,16,17,18). The highest BCUT2D eigenvalue weighted by Gasteiger charge is 2.54. The van der Waals surface area contributed by atoms with E-state index >= 15 is 0 Å². The Balaban J connectivity index is 1.44. The lowest BCUT2D eigenvalue weighted by molar-refractivity contribution is -0.117. The van der Waals surface area contributed by atoms with Crippen molar-refractivity contribution in [1.29, 1.82) is 0 Å². The van der Waals surface area contributed by atoms with Gasteiger partial charge in [0.1, 0.15) is 0 Å². The van der Waals surface area contributed by atoms with Crippen LogP contribution in [0.2, 0.25) is 0 Å². The van der Waals surface area contributed by atoms with Crippen molar-refractivity contribution >= 4 is 22.4 Å². The predicted octanol–water partition coefficient (Wildman–Crippen LogP) is 2.16. The van der Waals surface area contributed by atoms with E-state index in [1.54, 1.807) is 11.3 Å². The number of carbonyl (C=O) groups excluding carboxylic acids is 1. The lowest BCUT2D eigenvalue weighted by Gasteiger charge is -2.09. The zero-order valence-electron chi connectivity index (χ0n) is 10.9. The molecule has 3 aliphatic rings. The van der Waals surface area contributed by atoms with Gasteiger partial charge in [0.25, 0.3) is 0 Å². The molecule has 1 aromatic heterocycles. The van der Waals surface area contributed by atoms with E-state index in [4.69, 9.17) is 0 Å². The minimum atomic E-state index is 0.218. The normalized spacial score (nSPS) is 32.3. The molecule has 1 amide bonds. The third kappa shape index (κ3) is 2.09. The first kappa shape index (κ1) is 11.9. The molecule has 0 spiro atoms. The van der Waals surface area contributed by atoms with Crippen molar-refractivity contribution in [3.8, 4) is 0 Å². The number of rotatable bonds is 2. The highest BCUT2D eigenvalue weighted by atomic mass is 32.1. The molecule has 0 saturated heterocycles. The van der Waals surface area contributed by atoms with Gasteiger partial charge in [0.2, 0.25) is 5.91 Å². The molecule has 2 fully saturated rings. The second-order valence-electron chi connectivity index (χ2n) is 5.94. The number of aromatic nitrogens is 1. The maximum absolute atomic E-state index is 12.3. The van der Waals surface area contributed by atoms with Crippen LogP contribution in [0.3, 0.4) is 0 Å². The summed E-state index contributed by atoms with van der Waals surface area (Å²) in [5.74, 6) is 1.84. The van der Waals surface area contributed by atoms with Gasteiger partial charge in [0, 0.05) is 30.3 Å². The summed E-state index contributed by atoms with van der Waals surface area (Å²) >= 11 is 1.64. The molecule has 2 saturated carbocycles. The van der Waals surface area contributed by atoms with Crippen molar-refractivity contribution in [1.82, 2.24) is 10.3 Å². The van der Waals surface area contributed by atoms with Gasteiger partial charge in [-0.15, -0.1) is 11.3 Å². The number of thiazole rings is 1. The molecule has 1 aromatic rings. The molecule has 2 N–H and O–H groups in total. The molecule has 102 valence electrons. The number of anilines is 1. The SMILES string of the molecule is O=C(Nc1nc2c(s1)CNCC2)C1C2CCCCC21. The van der Waals surface area contributed by atoms with Crippen LogP contribution in [0.1, 0.15) is 36.3 Å². The molecule has 0 radical (unpaired) electrons. The molecule has 0 aromatic carbocycles. The molecule has 2 aliphatic carbocycles. The van der Waals surface area contributed by atoms with Crippen LogP contribution in [0.5, 0.6) is 0 Å². The number of fused-ring (bicyclic) bond motifs is 2. The fourth-order valence-electron chi connectivity index (χ4n) is 3.75. The maximum Gasteiger partial charge on any atom is 0.229 e. The summed E-state index contributed by atoms with van der Waals surface area (Å²) < 4.78 is 0. The van der Waals surface area contributed by atoms with Crippen LogP contribution in [0.4, 0.5) is 5.13 Å². The number of nitrogens with zero attached hydrogens (tertiary/aromatic N) is 1. The lowest BCUT2D eigenvalue weighted by Crippen LogP contribution is -2.22. The largest absolute Gasteiger partial charge is 0.311 e. The Morgan fingerprint density at radius 3 is 2.84 bits per heavy atom. The summed E-state index contributed by atoms with van der Waals surface area (Å²) in [6.45, 7) is 1.90. The second-order valence-corrected chi connectivity index (χ2v) is 7.03. The zero-order chi connectivity index (χ0) is 12.8.